The molecule has 0 N–H and O–H groups in total. The van der Waals surface area contributed by atoms with Crippen molar-refractivity contribution in [1.82, 2.24) is 4.90 Å². The lowest BCUT2D eigenvalue weighted by Gasteiger charge is -2.09. The molecule has 0 aromatic heterocycles. The Morgan fingerprint density at radius 3 is 2.62 bits per heavy atom. The van der Waals surface area contributed by atoms with Crippen LogP contribution in [0.4, 0.5) is 4.79 Å². The van der Waals surface area contributed by atoms with Crippen molar-refractivity contribution < 1.29 is 9.59 Å². The van der Waals surface area contributed by atoms with Crippen molar-refractivity contribution in [2.75, 3.05) is 6.54 Å². The molecule has 4 heteroatoms. The van der Waals surface area contributed by atoms with E-state index in [2.05, 4.69) is 13.2 Å². The fraction of sp³-hybridized carbons (Fsp3) is 0.333. The van der Waals surface area contributed by atoms with E-state index in [0.717, 1.165) is 11.8 Å². The highest BCUT2D eigenvalue weighted by Crippen LogP contribution is 2.28. The number of imide groups is 1. The Morgan fingerprint density at radius 1 is 1.38 bits per heavy atom. The fourth-order valence-corrected chi connectivity index (χ4v) is 2.09. The van der Waals surface area contributed by atoms with E-state index >= 15 is 0 Å². The normalized spacial score (nSPS) is 22.2. The molecule has 0 radical (unpaired) electrons. The van der Waals surface area contributed by atoms with Gasteiger partial charge in [-0.05, 0) is 6.42 Å². The molecule has 70 valence electrons. The second-order valence-corrected chi connectivity index (χ2v) is 3.79. The van der Waals surface area contributed by atoms with Gasteiger partial charge in [-0.25, -0.2) is 0 Å². The zero-order chi connectivity index (χ0) is 9.84. The lowest BCUT2D eigenvalue weighted by molar-refractivity contribution is -0.126. The molecule has 0 spiro atoms. The van der Waals surface area contributed by atoms with Crippen LogP contribution in [0, 0.1) is 0 Å². The van der Waals surface area contributed by atoms with E-state index in [9.17, 15) is 9.59 Å². The first-order valence-electron chi connectivity index (χ1n) is 3.94. The van der Waals surface area contributed by atoms with E-state index in [1.165, 1.54) is 4.90 Å². The largest absolute Gasteiger partial charge is 0.289 e. The molecular weight excluding hydrogens is 186 g/mol. The maximum absolute atomic E-state index is 11.5. The molecule has 2 amide bonds. The summed E-state index contributed by atoms with van der Waals surface area (Å²) in [6, 6.07) is 0. The second-order valence-electron chi connectivity index (χ2n) is 2.63. The van der Waals surface area contributed by atoms with Gasteiger partial charge in [-0.1, -0.05) is 23.9 Å². The van der Waals surface area contributed by atoms with E-state index in [-0.39, 0.29) is 16.4 Å². The van der Waals surface area contributed by atoms with Gasteiger partial charge < -0.3 is 0 Å². The topological polar surface area (TPSA) is 37.4 Å². The Kier molecular flexibility index (Phi) is 3.31. The molecule has 1 rings (SSSR count). The molecule has 1 atom stereocenters. The summed E-state index contributed by atoms with van der Waals surface area (Å²) < 4.78 is 0. The number of carbonyl (C=O) groups is 2. The zero-order valence-corrected chi connectivity index (χ0v) is 8.05. The standard InChI is InChI=1S/C9H11NO2S/c1-3-5-7-8(11)10(6-4-2)9(12)13-7/h3-4,7H,1-2,5-6H2. The van der Waals surface area contributed by atoms with Crippen molar-refractivity contribution in [2.45, 2.75) is 11.7 Å². The van der Waals surface area contributed by atoms with Crippen LogP contribution in [-0.2, 0) is 4.79 Å². The highest BCUT2D eigenvalue weighted by Gasteiger charge is 2.37. The average molecular weight is 197 g/mol. The van der Waals surface area contributed by atoms with Gasteiger partial charge in [-0.3, -0.25) is 14.5 Å². The van der Waals surface area contributed by atoms with Gasteiger partial charge in [0.1, 0.15) is 0 Å². The maximum Gasteiger partial charge on any atom is 0.289 e. The van der Waals surface area contributed by atoms with Crippen molar-refractivity contribution in [2.24, 2.45) is 0 Å². The smallest absolute Gasteiger partial charge is 0.273 e. The summed E-state index contributed by atoms with van der Waals surface area (Å²) in [7, 11) is 0. The highest BCUT2D eigenvalue weighted by atomic mass is 32.2. The lowest BCUT2D eigenvalue weighted by atomic mass is 10.2. The SMILES string of the molecule is C=CCC1SC(=O)N(CC=C)C1=O. The minimum Gasteiger partial charge on any atom is -0.273 e. The molecule has 0 bridgehead atoms. The number of allylic oxidation sites excluding steroid dienone is 1. The summed E-state index contributed by atoms with van der Waals surface area (Å²) in [5.74, 6) is -0.130. The number of carbonyl (C=O) groups excluding carboxylic acids is 2. The molecule has 0 saturated carbocycles. The van der Waals surface area contributed by atoms with E-state index < -0.39 is 0 Å². The number of nitrogens with zero attached hydrogens (tertiary/aromatic N) is 1. The molecule has 13 heavy (non-hydrogen) atoms. The summed E-state index contributed by atoms with van der Waals surface area (Å²) in [5.41, 5.74) is 0. The molecule has 0 aromatic carbocycles. The average Bonchev–Trinajstić information content (AvgIpc) is 2.34. The summed E-state index contributed by atoms with van der Waals surface area (Å²) in [6.45, 7) is 7.33. The second kappa shape index (κ2) is 4.28. The summed E-state index contributed by atoms with van der Waals surface area (Å²) >= 11 is 1.06. The summed E-state index contributed by atoms with van der Waals surface area (Å²) in [4.78, 5) is 23.9. The van der Waals surface area contributed by atoms with Crippen LogP contribution in [0.1, 0.15) is 6.42 Å². The number of hydrogen-bond donors (Lipinski definition) is 0. The van der Waals surface area contributed by atoms with Crippen LogP contribution in [0.2, 0.25) is 0 Å². The van der Waals surface area contributed by atoms with Crippen LogP contribution in [0.15, 0.2) is 25.3 Å². The van der Waals surface area contributed by atoms with Crippen molar-refractivity contribution in [3.63, 3.8) is 0 Å². The van der Waals surface area contributed by atoms with Gasteiger partial charge >= 0.3 is 0 Å². The van der Waals surface area contributed by atoms with Crippen LogP contribution < -0.4 is 0 Å². The monoisotopic (exact) mass is 197 g/mol. The van der Waals surface area contributed by atoms with E-state index in [1.807, 2.05) is 0 Å². The fourth-order valence-electron chi connectivity index (χ4n) is 1.09. The van der Waals surface area contributed by atoms with Gasteiger partial charge in [-0.2, -0.15) is 0 Å². The Balaban J connectivity index is 2.68. The first-order valence-corrected chi connectivity index (χ1v) is 4.82. The minimum absolute atomic E-state index is 0.130. The Bertz CT molecular complexity index is 262. The molecule has 1 unspecified atom stereocenters. The number of hydrogen-bond acceptors (Lipinski definition) is 3. The van der Waals surface area contributed by atoms with Crippen LogP contribution >= 0.6 is 11.8 Å². The lowest BCUT2D eigenvalue weighted by Crippen LogP contribution is -2.31. The molecular formula is C9H11NO2S. The van der Waals surface area contributed by atoms with Gasteiger partial charge in [0.25, 0.3) is 5.24 Å². The molecule has 1 saturated heterocycles. The molecule has 0 aliphatic carbocycles. The summed E-state index contributed by atoms with van der Waals surface area (Å²) in [5, 5.41) is -0.457. The first-order chi connectivity index (χ1) is 6.20. The van der Waals surface area contributed by atoms with E-state index in [4.69, 9.17) is 0 Å². The van der Waals surface area contributed by atoms with Gasteiger partial charge in [0.05, 0.1) is 5.25 Å². The predicted molar refractivity (Wildman–Crippen MR) is 53.5 cm³/mol. The quantitative estimate of drug-likeness (QED) is 0.645. The zero-order valence-electron chi connectivity index (χ0n) is 7.23. The van der Waals surface area contributed by atoms with Crippen molar-refractivity contribution in [3.8, 4) is 0 Å². The highest BCUT2D eigenvalue weighted by molar-refractivity contribution is 8.15. The first kappa shape index (κ1) is 10.1. The third kappa shape index (κ3) is 2.01. The number of thioether (sulfide) groups is 1. The van der Waals surface area contributed by atoms with E-state index in [0.29, 0.717) is 13.0 Å². The Labute approximate surface area is 81.5 Å². The molecule has 0 aromatic rings. The Morgan fingerprint density at radius 2 is 2.08 bits per heavy atom. The van der Waals surface area contributed by atoms with Crippen molar-refractivity contribution in [3.05, 3.63) is 25.3 Å². The number of amides is 2. The molecule has 1 heterocycles. The molecule has 1 aliphatic rings. The third-order valence-electron chi connectivity index (χ3n) is 1.70. The van der Waals surface area contributed by atoms with Gasteiger partial charge in [-0.15, -0.1) is 13.2 Å². The molecule has 1 fully saturated rings. The van der Waals surface area contributed by atoms with E-state index in [1.54, 1.807) is 12.2 Å². The predicted octanol–water partition coefficient (Wildman–Crippen LogP) is 1.81. The van der Waals surface area contributed by atoms with Crippen LogP contribution in [0.25, 0.3) is 0 Å². The maximum atomic E-state index is 11.5. The van der Waals surface area contributed by atoms with Crippen molar-refractivity contribution in [1.29, 1.82) is 0 Å². The van der Waals surface area contributed by atoms with Crippen LogP contribution in [0.5, 0.6) is 0 Å². The van der Waals surface area contributed by atoms with Gasteiger partial charge in [0, 0.05) is 6.54 Å². The number of rotatable bonds is 4. The van der Waals surface area contributed by atoms with Gasteiger partial charge in [0.15, 0.2) is 0 Å². The minimum atomic E-state index is -0.273. The molecule has 1 aliphatic heterocycles. The van der Waals surface area contributed by atoms with Crippen LogP contribution in [-0.4, -0.2) is 27.8 Å². The Hall–Kier alpha value is -1.03. The summed E-state index contributed by atoms with van der Waals surface area (Å²) in [6.07, 6.45) is 3.75. The van der Waals surface area contributed by atoms with Crippen LogP contribution in [0.3, 0.4) is 0 Å². The van der Waals surface area contributed by atoms with Gasteiger partial charge in [0.2, 0.25) is 5.91 Å². The third-order valence-corrected chi connectivity index (χ3v) is 2.80. The molecule has 3 nitrogen and oxygen atoms in total. The van der Waals surface area contributed by atoms with Crippen molar-refractivity contribution >= 4 is 22.9 Å².